The smallest absolute Gasteiger partial charge is 0.233 e. The Bertz CT molecular complexity index is 908. The number of carbonyl (C=O) groups is 1. The van der Waals surface area contributed by atoms with Gasteiger partial charge in [-0.1, -0.05) is 36.0 Å². The lowest BCUT2D eigenvalue weighted by Gasteiger charge is -2.33. The van der Waals surface area contributed by atoms with Crippen molar-refractivity contribution >= 4 is 29.0 Å². The van der Waals surface area contributed by atoms with Gasteiger partial charge >= 0.3 is 0 Å². The lowest BCUT2D eigenvalue weighted by atomic mass is 10.0. The third kappa shape index (κ3) is 4.31. The molecule has 0 bridgehead atoms. The minimum atomic E-state index is 0.194. The Morgan fingerprint density at radius 2 is 2.04 bits per heavy atom. The molecule has 7 heteroatoms. The Morgan fingerprint density at radius 1 is 1.18 bits per heavy atom. The quantitative estimate of drug-likeness (QED) is 0.563. The van der Waals surface area contributed by atoms with Crippen LogP contribution in [-0.4, -0.2) is 43.9 Å². The molecule has 0 aliphatic carbocycles. The van der Waals surface area contributed by atoms with Gasteiger partial charge in [0.25, 0.3) is 0 Å². The Hall–Kier alpha value is -2.12. The van der Waals surface area contributed by atoms with E-state index in [0.717, 1.165) is 42.5 Å². The van der Waals surface area contributed by atoms with Gasteiger partial charge in [0.1, 0.15) is 5.82 Å². The molecule has 0 spiro atoms. The van der Waals surface area contributed by atoms with E-state index in [1.54, 1.807) is 11.3 Å². The van der Waals surface area contributed by atoms with Crippen molar-refractivity contribution in [1.82, 2.24) is 19.7 Å². The molecule has 1 atom stereocenters. The Kier molecular flexibility index (Phi) is 6.12. The number of thiophene rings is 1. The van der Waals surface area contributed by atoms with Crippen molar-refractivity contribution in [3.63, 3.8) is 0 Å². The van der Waals surface area contributed by atoms with E-state index in [1.807, 2.05) is 23.1 Å². The standard InChI is InChI=1S/C21H24N4OS2/c1-16-8-5-6-12-24(16)20(26)15-28-21-23-22-19(14-18-11-7-13-27-18)25(21)17-9-3-2-4-10-17/h2-4,7,9-11,13,16H,5-6,8,12,14-15H2,1H3/t16-/m1/s1. The van der Waals surface area contributed by atoms with Gasteiger partial charge in [0.2, 0.25) is 5.91 Å². The molecule has 1 aromatic carbocycles. The number of hydrogen-bond acceptors (Lipinski definition) is 5. The van der Waals surface area contributed by atoms with Crippen LogP contribution in [0.3, 0.4) is 0 Å². The topological polar surface area (TPSA) is 51.0 Å². The van der Waals surface area contributed by atoms with E-state index in [0.29, 0.717) is 11.8 Å². The zero-order chi connectivity index (χ0) is 19.3. The summed E-state index contributed by atoms with van der Waals surface area (Å²) in [6.07, 6.45) is 4.15. The van der Waals surface area contributed by atoms with Crippen LogP contribution in [0.15, 0.2) is 53.0 Å². The Balaban J connectivity index is 1.54. The lowest BCUT2D eigenvalue weighted by molar-refractivity contribution is -0.131. The predicted molar refractivity (Wildman–Crippen MR) is 114 cm³/mol. The number of nitrogens with zero attached hydrogens (tertiary/aromatic N) is 4. The molecule has 0 radical (unpaired) electrons. The normalized spacial score (nSPS) is 17.0. The number of likely N-dealkylation sites (tertiary alicyclic amines) is 1. The summed E-state index contributed by atoms with van der Waals surface area (Å²) >= 11 is 3.20. The van der Waals surface area contributed by atoms with Crippen LogP contribution in [0.5, 0.6) is 0 Å². The van der Waals surface area contributed by atoms with E-state index in [1.165, 1.54) is 23.1 Å². The second-order valence-corrected chi connectivity index (χ2v) is 9.02. The average molecular weight is 413 g/mol. The summed E-state index contributed by atoms with van der Waals surface area (Å²) in [6, 6.07) is 14.6. The summed E-state index contributed by atoms with van der Waals surface area (Å²) in [6.45, 7) is 3.02. The molecule has 0 N–H and O–H groups in total. The number of rotatable bonds is 6. The number of amides is 1. The lowest BCUT2D eigenvalue weighted by Crippen LogP contribution is -2.42. The van der Waals surface area contributed by atoms with Gasteiger partial charge in [-0.3, -0.25) is 9.36 Å². The molecule has 0 unspecified atom stereocenters. The maximum atomic E-state index is 12.7. The van der Waals surface area contributed by atoms with Gasteiger partial charge in [-0.25, -0.2) is 0 Å². The zero-order valence-corrected chi connectivity index (χ0v) is 17.6. The molecule has 4 rings (SSSR count). The molecule has 28 heavy (non-hydrogen) atoms. The fourth-order valence-electron chi connectivity index (χ4n) is 3.59. The molecule has 3 aromatic rings. The van der Waals surface area contributed by atoms with E-state index >= 15 is 0 Å². The number of thioether (sulfide) groups is 1. The molecule has 1 aliphatic heterocycles. The van der Waals surface area contributed by atoms with Crippen LogP contribution in [0.2, 0.25) is 0 Å². The van der Waals surface area contributed by atoms with Gasteiger partial charge in [-0.2, -0.15) is 0 Å². The molecule has 1 saturated heterocycles. The first-order chi connectivity index (χ1) is 13.7. The number of piperidine rings is 1. The molecule has 1 aliphatic rings. The van der Waals surface area contributed by atoms with Crippen LogP contribution in [-0.2, 0) is 11.2 Å². The fraction of sp³-hybridized carbons (Fsp3) is 0.381. The fourth-order valence-corrected chi connectivity index (χ4v) is 5.15. The summed E-state index contributed by atoms with van der Waals surface area (Å²) < 4.78 is 2.08. The maximum Gasteiger partial charge on any atom is 0.233 e. The third-order valence-electron chi connectivity index (χ3n) is 5.08. The number of hydrogen-bond donors (Lipinski definition) is 0. The van der Waals surface area contributed by atoms with E-state index < -0.39 is 0 Å². The molecule has 2 aromatic heterocycles. The summed E-state index contributed by atoms with van der Waals surface area (Å²) in [5, 5.41) is 11.7. The van der Waals surface area contributed by atoms with Crippen molar-refractivity contribution < 1.29 is 4.79 Å². The Labute approximate surface area is 173 Å². The van der Waals surface area contributed by atoms with Crippen LogP contribution in [0.4, 0.5) is 0 Å². The highest BCUT2D eigenvalue weighted by molar-refractivity contribution is 7.99. The van der Waals surface area contributed by atoms with Crippen molar-refractivity contribution in [2.75, 3.05) is 12.3 Å². The first-order valence-electron chi connectivity index (χ1n) is 9.67. The highest BCUT2D eigenvalue weighted by atomic mass is 32.2. The molecule has 1 amide bonds. The van der Waals surface area contributed by atoms with E-state index in [2.05, 4.69) is 51.3 Å². The van der Waals surface area contributed by atoms with Gasteiger partial charge in [-0.05, 0) is 49.8 Å². The number of aromatic nitrogens is 3. The Morgan fingerprint density at radius 3 is 2.79 bits per heavy atom. The van der Waals surface area contributed by atoms with E-state index in [9.17, 15) is 4.79 Å². The number of para-hydroxylation sites is 1. The predicted octanol–water partition coefficient (Wildman–Crippen LogP) is 4.41. The molecule has 146 valence electrons. The van der Waals surface area contributed by atoms with Gasteiger partial charge in [-0.15, -0.1) is 21.5 Å². The molecular formula is C21H24N4OS2. The molecule has 3 heterocycles. The van der Waals surface area contributed by atoms with Gasteiger partial charge < -0.3 is 4.90 Å². The van der Waals surface area contributed by atoms with Crippen molar-refractivity contribution in [2.45, 2.75) is 43.8 Å². The minimum absolute atomic E-state index is 0.194. The highest BCUT2D eigenvalue weighted by Crippen LogP contribution is 2.26. The van der Waals surface area contributed by atoms with E-state index in [-0.39, 0.29) is 5.91 Å². The first-order valence-corrected chi connectivity index (χ1v) is 11.5. The van der Waals surface area contributed by atoms with Gasteiger partial charge in [0, 0.05) is 29.6 Å². The molecule has 1 fully saturated rings. The molecule has 5 nitrogen and oxygen atoms in total. The zero-order valence-electron chi connectivity index (χ0n) is 16.0. The summed E-state index contributed by atoms with van der Waals surface area (Å²) in [7, 11) is 0. The van der Waals surface area contributed by atoms with Crippen LogP contribution >= 0.6 is 23.1 Å². The van der Waals surface area contributed by atoms with Crippen molar-refractivity contribution in [2.24, 2.45) is 0 Å². The monoisotopic (exact) mass is 412 g/mol. The van der Waals surface area contributed by atoms with Crippen LogP contribution in [0.25, 0.3) is 5.69 Å². The number of benzene rings is 1. The van der Waals surface area contributed by atoms with Gasteiger partial charge in [0.15, 0.2) is 5.16 Å². The summed E-state index contributed by atoms with van der Waals surface area (Å²) in [4.78, 5) is 16.0. The minimum Gasteiger partial charge on any atom is -0.339 e. The second-order valence-electron chi connectivity index (χ2n) is 7.05. The van der Waals surface area contributed by atoms with Crippen molar-refractivity contribution in [1.29, 1.82) is 0 Å². The third-order valence-corrected chi connectivity index (χ3v) is 6.87. The summed E-state index contributed by atoms with van der Waals surface area (Å²) in [5.74, 6) is 1.49. The van der Waals surface area contributed by atoms with Crippen LogP contribution < -0.4 is 0 Å². The molecule has 0 saturated carbocycles. The van der Waals surface area contributed by atoms with Crippen molar-refractivity contribution in [3.05, 3.63) is 58.5 Å². The second kappa shape index (κ2) is 8.92. The largest absolute Gasteiger partial charge is 0.339 e. The number of carbonyl (C=O) groups excluding carboxylic acids is 1. The van der Waals surface area contributed by atoms with Crippen molar-refractivity contribution in [3.8, 4) is 5.69 Å². The summed E-state index contributed by atoms with van der Waals surface area (Å²) in [5.41, 5.74) is 1.03. The SMILES string of the molecule is C[C@@H]1CCCCN1C(=O)CSc1nnc(Cc2cccs2)n1-c1ccccc1. The van der Waals surface area contributed by atoms with Crippen LogP contribution in [0, 0.1) is 0 Å². The maximum absolute atomic E-state index is 12.7. The van der Waals surface area contributed by atoms with Gasteiger partial charge in [0.05, 0.1) is 5.75 Å². The average Bonchev–Trinajstić information content (AvgIpc) is 3.37. The van der Waals surface area contributed by atoms with E-state index in [4.69, 9.17) is 0 Å². The molecular weight excluding hydrogens is 388 g/mol. The first kappa shape index (κ1) is 19.2. The highest BCUT2D eigenvalue weighted by Gasteiger charge is 2.24. The van der Waals surface area contributed by atoms with Crippen LogP contribution in [0.1, 0.15) is 36.9 Å².